The van der Waals surface area contributed by atoms with Gasteiger partial charge in [-0.05, 0) is 64.7 Å². The summed E-state index contributed by atoms with van der Waals surface area (Å²) in [7, 11) is 1.48. The third-order valence-corrected chi connectivity index (χ3v) is 5.35. The summed E-state index contributed by atoms with van der Waals surface area (Å²) in [6, 6.07) is 5.80. The number of benzene rings is 1. The first kappa shape index (κ1) is 22.1. The molecular weight excluding hydrogens is 358 g/mol. The van der Waals surface area contributed by atoms with Crippen LogP contribution in [0.3, 0.4) is 0 Å². The number of amides is 1. The third-order valence-electron chi connectivity index (χ3n) is 5.35. The highest BCUT2D eigenvalue weighted by Gasteiger charge is 2.51. The van der Waals surface area contributed by atoms with Crippen LogP contribution in [0.25, 0.3) is 5.57 Å². The molecule has 1 heterocycles. The molecule has 0 fully saturated rings. The van der Waals surface area contributed by atoms with Gasteiger partial charge >= 0.3 is 5.97 Å². The molecule has 0 bridgehead atoms. The minimum absolute atomic E-state index is 0.0864. The van der Waals surface area contributed by atoms with Gasteiger partial charge in [-0.1, -0.05) is 25.1 Å². The summed E-state index contributed by atoms with van der Waals surface area (Å²) in [6.45, 7) is 13.0. The lowest BCUT2D eigenvalue weighted by Gasteiger charge is -2.32. The predicted molar refractivity (Wildman–Crippen MR) is 107 cm³/mol. The van der Waals surface area contributed by atoms with Crippen molar-refractivity contribution in [3.8, 4) is 0 Å². The van der Waals surface area contributed by atoms with E-state index in [-0.39, 0.29) is 18.7 Å². The average Bonchev–Trinajstić information content (AvgIpc) is 2.79. The first-order valence-electron chi connectivity index (χ1n) is 9.49. The van der Waals surface area contributed by atoms with Crippen LogP contribution < -0.4 is 0 Å². The molecular formula is C22H31NO5. The van der Waals surface area contributed by atoms with Crippen molar-refractivity contribution in [2.75, 3.05) is 13.9 Å². The smallest absolute Gasteiger partial charge is 0.316 e. The normalized spacial score (nSPS) is 16.7. The summed E-state index contributed by atoms with van der Waals surface area (Å²) in [4.78, 5) is 31.8. The molecule has 1 aliphatic heterocycles. The van der Waals surface area contributed by atoms with Gasteiger partial charge in [0.2, 0.25) is 0 Å². The minimum Gasteiger partial charge on any atom is -0.427 e. The molecule has 0 aromatic heterocycles. The van der Waals surface area contributed by atoms with E-state index in [4.69, 9.17) is 14.3 Å². The highest BCUT2D eigenvalue weighted by atomic mass is 16.8. The average molecular weight is 389 g/mol. The Morgan fingerprint density at radius 1 is 1.18 bits per heavy atom. The lowest BCUT2D eigenvalue weighted by atomic mass is 9.90. The first-order valence-corrected chi connectivity index (χ1v) is 9.49. The first-order chi connectivity index (χ1) is 13.0. The van der Waals surface area contributed by atoms with Crippen LogP contribution in [-0.2, 0) is 23.9 Å². The highest BCUT2D eigenvalue weighted by Crippen LogP contribution is 2.43. The summed E-state index contributed by atoms with van der Waals surface area (Å²) in [6.07, 6.45) is 0.621. The van der Waals surface area contributed by atoms with Crippen molar-refractivity contribution in [3.63, 3.8) is 0 Å². The van der Waals surface area contributed by atoms with Gasteiger partial charge < -0.3 is 9.47 Å². The molecule has 0 aliphatic carbocycles. The third kappa shape index (κ3) is 3.84. The fraction of sp³-hybridized carbons (Fsp3) is 0.545. The van der Waals surface area contributed by atoms with Crippen molar-refractivity contribution in [2.45, 2.75) is 60.4 Å². The molecule has 28 heavy (non-hydrogen) atoms. The van der Waals surface area contributed by atoms with Gasteiger partial charge in [0.25, 0.3) is 5.91 Å². The molecule has 0 saturated heterocycles. The molecule has 6 nitrogen and oxygen atoms in total. The summed E-state index contributed by atoms with van der Waals surface area (Å²) in [5.41, 5.74) is 1.34. The van der Waals surface area contributed by atoms with Gasteiger partial charge in [-0.2, -0.15) is 0 Å². The molecule has 0 spiro atoms. The van der Waals surface area contributed by atoms with Crippen LogP contribution in [-0.4, -0.2) is 36.4 Å². The molecule has 0 saturated carbocycles. The van der Waals surface area contributed by atoms with Crippen molar-refractivity contribution in [1.82, 2.24) is 5.06 Å². The molecule has 0 N–H and O–H groups in total. The number of esters is 1. The second kappa shape index (κ2) is 8.05. The zero-order valence-electron chi connectivity index (χ0n) is 18.1. The van der Waals surface area contributed by atoms with Gasteiger partial charge in [0, 0.05) is 7.11 Å². The Morgan fingerprint density at radius 2 is 1.75 bits per heavy atom. The Balaban J connectivity index is 2.66. The van der Waals surface area contributed by atoms with E-state index in [1.165, 1.54) is 12.2 Å². The quantitative estimate of drug-likeness (QED) is 0.518. The zero-order valence-corrected chi connectivity index (χ0v) is 18.1. The van der Waals surface area contributed by atoms with Gasteiger partial charge in [-0.15, -0.1) is 0 Å². The SMILES string of the molecule is CCC(C)(C)C(=O)OC1=C(c2c(C)cccc2C)C(=O)N(OCOC)C1(C)C. The number of methoxy groups -OCH3 is 1. The van der Waals surface area contributed by atoms with Gasteiger partial charge in [0.15, 0.2) is 6.79 Å². The van der Waals surface area contributed by atoms with Crippen LogP contribution in [0.5, 0.6) is 0 Å². The van der Waals surface area contributed by atoms with Crippen molar-refractivity contribution >= 4 is 17.4 Å². The summed E-state index contributed by atoms with van der Waals surface area (Å²) < 4.78 is 10.9. The number of ether oxygens (including phenoxy) is 2. The number of carbonyl (C=O) groups is 2. The maximum Gasteiger partial charge on any atom is 0.316 e. The maximum absolute atomic E-state index is 13.3. The lowest BCUT2D eigenvalue weighted by molar-refractivity contribution is -0.239. The van der Waals surface area contributed by atoms with Crippen molar-refractivity contribution in [1.29, 1.82) is 0 Å². The van der Waals surface area contributed by atoms with Crippen molar-refractivity contribution in [2.24, 2.45) is 5.41 Å². The van der Waals surface area contributed by atoms with E-state index in [2.05, 4.69) is 0 Å². The van der Waals surface area contributed by atoms with Gasteiger partial charge in [0.05, 0.1) is 11.0 Å². The second-order valence-corrected chi connectivity index (χ2v) is 8.29. The molecule has 1 amide bonds. The molecule has 1 aliphatic rings. The van der Waals surface area contributed by atoms with Crippen LogP contribution in [0.2, 0.25) is 0 Å². The monoisotopic (exact) mass is 389 g/mol. The van der Waals surface area contributed by atoms with Crippen LogP contribution in [0.1, 0.15) is 57.7 Å². The van der Waals surface area contributed by atoms with Crippen molar-refractivity contribution < 1.29 is 23.9 Å². The van der Waals surface area contributed by atoms with E-state index in [0.717, 1.165) is 16.7 Å². The Kier molecular flexibility index (Phi) is 6.36. The van der Waals surface area contributed by atoms with Crippen LogP contribution >= 0.6 is 0 Å². The number of hydroxylamine groups is 2. The molecule has 0 atom stereocenters. The van der Waals surface area contributed by atoms with Crippen LogP contribution in [0, 0.1) is 19.3 Å². The number of aryl methyl sites for hydroxylation is 2. The maximum atomic E-state index is 13.3. The highest BCUT2D eigenvalue weighted by molar-refractivity contribution is 6.23. The molecule has 0 unspecified atom stereocenters. The fourth-order valence-corrected chi connectivity index (χ4v) is 3.16. The molecule has 1 aromatic rings. The topological polar surface area (TPSA) is 65.1 Å². The fourth-order valence-electron chi connectivity index (χ4n) is 3.16. The number of hydrogen-bond donors (Lipinski definition) is 0. The van der Waals surface area contributed by atoms with E-state index < -0.39 is 11.0 Å². The van der Waals surface area contributed by atoms with E-state index >= 15 is 0 Å². The summed E-state index contributed by atoms with van der Waals surface area (Å²) >= 11 is 0. The minimum atomic E-state index is -0.973. The Morgan fingerprint density at radius 3 is 2.25 bits per heavy atom. The van der Waals surface area contributed by atoms with E-state index in [1.807, 2.05) is 52.8 Å². The molecule has 154 valence electrons. The van der Waals surface area contributed by atoms with Gasteiger partial charge in [-0.3, -0.25) is 9.59 Å². The van der Waals surface area contributed by atoms with Gasteiger partial charge in [-0.25, -0.2) is 9.90 Å². The van der Waals surface area contributed by atoms with Crippen LogP contribution in [0.15, 0.2) is 24.0 Å². The summed E-state index contributed by atoms with van der Waals surface area (Å²) in [5.74, 6) is -0.419. The number of hydrogen-bond acceptors (Lipinski definition) is 5. The predicted octanol–water partition coefficient (Wildman–Crippen LogP) is 4.15. The van der Waals surface area contributed by atoms with E-state index in [1.54, 1.807) is 13.8 Å². The zero-order chi connectivity index (χ0) is 21.3. The number of carbonyl (C=O) groups excluding carboxylic acids is 2. The largest absolute Gasteiger partial charge is 0.427 e. The standard InChI is InChI=1S/C22H31NO5/c1-9-21(4,5)20(25)28-18-17(16-14(2)11-10-12-15(16)3)19(24)23(22(18,6)7)27-13-26-8/h10-12H,9,13H2,1-8H3. The molecule has 1 aromatic carbocycles. The Bertz CT molecular complexity index is 787. The van der Waals surface area contributed by atoms with E-state index in [0.29, 0.717) is 17.8 Å². The Labute approximate surface area is 167 Å². The molecule has 6 heteroatoms. The summed E-state index contributed by atoms with van der Waals surface area (Å²) in [5, 5.41) is 1.24. The van der Waals surface area contributed by atoms with Gasteiger partial charge in [0.1, 0.15) is 11.3 Å². The van der Waals surface area contributed by atoms with Crippen molar-refractivity contribution in [3.05, 3.63) is 40.6 Å². The Hall–Kier alpha value is -2.18. The van der Waals surface area contributed by atoms with Crippen LogP contribution in [0.4, 0.5) is 0 Å². The number of nitrogens with zero attached hydrogens (tertiary/aromatic N) is 1. The number of rotatable bonds is 7. The lowest BCUT2D eigenvalue weighted by Crippen LogP contribution is -2.45. The molecule has 2 rings (SSSR count). The second-order valence-electron chi connectivity index (χ2n) is 8.29. The molecule has 0 radical (unpaired) electrons. The van der Waals surface area contributed by atoms with E-state index in [9.17, 15) is 9.59 Å².